The molecule has 1 amide bonds. The van der Waals surface area contributed by atoms with Crippen molar-refractivity contribution in [1.29, 1.82) is 10.8 Å². The van der Waals surface area contributed by atoms with Gasteiger partial charge >= 0.3 is 6.61 Å². The van der Waals surface area contributed by atoms with E-state index in [-0.39, 0.29) is 34.1 Å². The van der Waals surface area contributed by atoms with Gasteiger partial charge in [0.25, 0.3) is 5.91 Å². The Morgan fingerprint density at radius 1 is 1.26 bits per heavy atom. The Morgan fingerprint density at radius 2 is 1.97 bits per heavy atom. The van der Waals surface area contributed by atoms with Crippen LogP contribution in [0.4, 0.5) is 8.78 Å². The van der Waals surface area contributed by atoms with Crippen molar-refractivity contribution in [3.05, 3.63) is 77.5 Å². The topological polar surface area (TPSA) is 126 Å². The number of carbonyl (C=O) groups excluding carboxylic acids is 1. The van der Waals surface area contributed by atoms with Gasteiger partial charge in [0.1, 0.15) is 11.6 Å². The summed E-state index contributed by atoms with van der Waals surface area (Å²) >= 11 is 0. The predicted molar refractivity (Wildman–Crippen MR) is 148 cm³/mol. The number of piperidine rings is 1. The molecule has 2 aromatic carbocycles. The number of hydrogen-bond acceptors (Lipinski definition) is 8. The second-order valence-electron chi connectivity index (χ2n) is 9.30. The molecule has 2 aliphatic rings. The smallest absolute Gasteiger partial charge is 0.387 e. The molecule has 4 rings (SSSR count). The summed E-state index contributed by atoms with van der Waals surface area (Å²) in [4.78, 5) is 19.6. The number of allylic oxidation sites excluding steroid dienone is 2. The van der Waals surface area contributed by atoms with Crippen molar-refractivity contribution in [3.8, 4) is 5.75 Å². The summed E-state index contributed by atoms with van der Waals surface area (Å²) in [7, 11) is 2.08. The Balaban J connectivity index is 1.66. The monoisotopic (exact) mass is 535 g/mol. The van der Waals surface area contributed by atoms with Crippen molar-refractivity contribution >= 4 is 34.8 Å². The molecule has 9 nitrogen and oxygen atoms in total. The van der Waals surface area contributed by atoms with Crippen LogP contribution >= 0.6 is 0 Å². The first-order valence-electron chi connectivity index (χ1n) is 12.6. The lowest BCUT2D eigenvalue weighted by Gasteiger charge is -2.28. The van der Waals surface area contributed by atoms with Crippen molar-refractivity contribution in [2.24, 2.45) is 10.9 Å². The zero-order chi connectivity index (χ0) is 27.8. The fourth-order valence-corrected chi connectivity index (χ4v) is 4.42. The zero-order valence-corrected chi connectivity index (χ0v) is 21.5. The Bertz CT molecular complexity index is 1360. The fraction of sp³-hybridized carbons (Fsp3) is 0.286. The first-order valence-corrected chi connectivity index (χ1v) is 12.6. The Labute approximate surface area is 225 Å². The Hall–Kier alpha value is -4.38. The molecular weight excluding hydrogens is 504 g/mol. The number of nitrogens with zero attached hydrogens (tertiary/aromatic N) is 2. The van der Waals surface area contributed by atoms with E-state index in [9.17, 15) is 13.6 Å². The van der Waals surface area contributed by atoms with Crippen LogP contribution in [0.3, 0.4) is 0 Å². The summed E-state index contributed by atoms with van der Waals surface area (Å²) in [5.74, 6) is -0.288. The molecular formula is C28H31F2N7O2. The van der Waals surface area contributed by atoms with E-state index in [1.54, 1.807) is 42.6 Å². The van der Waals surface area contributed by atoms with Gasteiger partial charge in [-0.3, -0.25) is 10.2 Å². The molecule has 0 bridgehead atoms. The number of benzene rings is 2. The molecule has 0 spiro atoms. The molecule has 11 heteroatoms. The van der Waals surface area contributed by atoms with Gasteiger partial charge in [0.05, 0.1) is 17.0 Å². The standard InChI is InChI=1S/C28H31F2N7O2/c1-37-11-7-18(8-12-37)16-33-17-23(36-27(38)22(15-31)26-34-9-4-10-35-26)25(32)21-13-19-5-2-3-6-20(19)14-24(21)39-28(29)30/h2-6,9-10,13-15,17-18,28,31-34H,7-8,11-12,16H2,1H3,(H,36,38)/b23-17+,26-22-,31-15?,32-25?. The predicted octanol–water partition coefficient (Wildman–Crippen LogP) is 3.75. The number of hydrogen-bond donors (Lipinski definition) is 5. The fourth-order valence-electron chi connectivity index (χ4n) is 4.42. The highest BCUT2D eigenvalue weighted by atomic mass is 19.3. The minimum absolute atomic E-state index is 0.0395. The van der Waals surface area contributed by atoms with Crippen LogP contribution in [0.1, 0.15) is 18.4 Å². The molecule has 1 saturated heterocycles. The number of fused-ring (bicyclic) bond motifs is 1. The first-order chi connectivity index (χ1) is 18.9. The molecule has 0 radical (unpaired) electrons. The third-order valence-corrected chi connectivity index (χ3v) is 6.59. The third-order valence-electron chi connectivity index (χ3n) is 6.59. The van der Waals surface area contributed by atoms with Crippen molar-refractivity contribution in [2.45, 2.75) is 19.5 Å². The van der Waals surface area contributed by atoms with Gasteiger partial charge in [0, 0.05) is 36.9 Å². The van der Waals surface area contributed by atoms with E-state index < -0.39 is 12.5 Å². The third kappa shape index (κ3) is 7.14. The average molecular weight is 536 g/mol. The highest BCUT2D eigenvalue weighted by Crippen LogP contribution is 2.29. The van der Waals surface area contributed by atoms with Crippen molar-refractivity contribution in [1.82, 2.24) is 20.9 Å². The van der Waals surface area contributed by atoms with E-state index in [1.165, 1.54) is 18.5 Å². The summed E-state index contributed by atoms with van der Waals surface area (Å²) in [6.45, 7) is -0.508. The van der Waals surface area contributed by atoms with Gasteiger partial charge < -0.3 is 31.0 Å². The van der Waals surface area contributed by atoms with E-state index in [4.69, 9.17) is 15.6 Å². The lowest BCUT2D eigenvalue weighted by Crippen LogP contribution is -2.35. The van der Waals surface area contributed by atoms with Gasteiger partial charge in [-0.15, -0.1) is 0 Å². The number of amides is 1. The van der Waals surface area contributed by atoms with E-state index in [0.29, 0.717) is 17.8 Å². The summed E-state index contributed by atoms with van der Waals surface area (Å²) in [6, 6.07) is 10.2. The van der Waals surface area contributed by atoms with Crippen LogP contribution in [0.15, 0.2) is 77.0 Å². The van der Waals surface area contributed by atoms with Gasteiger partial charge in [-0.05, 0) is 67.9 Å². The lowest BCUT2D eigenvalue weighted by atomic mass is 9.97. The number of carbonyl (C=O) groups is 1. The highest BCUT2D eigenvalue weighted by molar-refractivity contribution is 6.19. The van der Waals surface area contributed by atoms with E-state index in [2.05, 4.69) is 32.9 Å². The summed E-state index contributed by atoms with van der Waals surface area (Å²) in [6.07, 6.45) is 9.08. The van der Waals surface area contributed by atoms with Gasteiger partial charge in [0.15, 0.2) is 0 Å². The molecule has 0 unspecified atom stereocenters. The quantitative estimate of drug-likeness (QED) is 0.234. The summed E-state index contributed by atoms with van der Waals surface area (Å²) in [5, 5.41) is 26.8. The minimum Gasteiger partial charge on any atom is -0.434 e. The van der Waals surface area contributed by atoms with Gasteiger partial charge in [0.2, 0.25) is 0 Å². The number of ether oxygens (including phenoxy) is 1. The normalized spacial score (nSPS) is 17.6. The number of likely N-dealkylation sites (tertiary alicyclic amines) is 1. The van der Waals surface area contributed by atoms with Crippen LogP contribution in [-0.4, -0.2) is 62.2 Å². The largest absolute Gasteiger partial charge is 0.434 e. The van der Waals surface area contributed by atoms with Crippen molar-refractivity contribution < 1.29 is 18.3 Å². The average Bonchev–Trinajstić information content (AvgIpc) is 2.93. The molecule has 2 aliphatic heterocycles. The summed E-state index contributed by atoms with van der Waals surface area (Å²) in [5.41, 5.74) is -0.165. The van der Waals surface area contributed by atoms with E-state index >= 15 is 0 Å². The van der Waals surface area contributed by atoms with Crippen LogP contribution in [0, 0.1) is 16.7 Å². The van der Waals surface area contributed by atoms with Gasteiger partial charge in [-0.2, -0.15) is 8.78 Å². The second kappa shape index (κ2) is 12.9. The van der Waals surface area contributed by atoms with E-state index in [0.717, 1.165) is 37.5 Å². The minimum atomic E-state index is -3.10. The SMILES string of the molecule is CN1CCC(CN/C=C(/NC(=O)/C(C=N)=C2\N=CC=CN2)C(=N)c2cc3ccccc3cc2OC(F)F)CC1. The molecule has 0 aliphatic carbocycles. The van der Waals surface area contributed by atoms with Crippen molar-refractivity contribution in [3.63, 3.8) is 0 Å². The maximum atomic E-state index is 13.3. The van der Waals surface area contributed by atoms with Gasteiger partial charge in [-0.1, -0.05) is 24.3 Å². The number of nitrogens with one attached hydrogen (secondary N) is 5. The Kier molecular flexibility index (Phi) is 9.16. The summed E-state index contributed by atoms with van der Waals surface area (Å²) < 4.78 is 31.4. The molecule has 2 heterocycles. The number of halogens is 2. The molecule has 0 atom stereocenters. The molecule has 0 aromatic heterocycles. The molecule has 5 N–H and O–H groups in total. The first kappa shape index (κ1) is 27.6. The number of rotatable bonds is 10. The van der Waals surface area contributed by atoms with Gasteiger partial charge in [-0.25, -0.2) is 4.99 Å². The zero-order valence-electron chi connectivity index (χ0n) is 21.5. The van der Waals surface area contributed by atoms with Crippen LogP contribution in [0.5, 0.6) is 5.75 Å². The molecule has 0 saturated carbocycles. The Morgan fingerprint density at radius 3 is 2.62 bits per heavy atom. The number of aliphatic imine (C=N–C) groups is 1. The molecule has 1 fully saturated rings. The van der Waals surface area contributed by atoms with Crippen LogP contribution in [0.2, 0.25) is 0 Å². The lowest BCUT2D eigenvalue weighted by molar-refractivity contribution is -0.116. The van der Waals surface area contributed by atoms with Crippen molar-refractivity contribution in [2.75, 3.05) is 26.7 Å². The van der Waals surface area contributed by atoms with E-state index in [1.807, 2.05) is 0 Å². The maximum absolute atomic E-state index is 13.3. The van der Waals surface area contributed by atoms with Crippen LogP contribution in [0.25, 0.3) is 10.8 Å². The van der Waals surface area contributed by atoms with Crippen LogP contribution < -0.4 is 20.7 Å². The molecule has 2 aromatic rings. The molecule has 39 heavy (non-hydrogen) atoms. The van der Waals surface area contributed by atoms with Crippen LogP contribution in [-0.2, 0) is 4.79 Å². The second-order valence-corrected chi connectivity index (χ2v) is 9.30. The number of alkyl halides is 2. The highest BCUT2D eigenvalue weighted by Gasteiger charge is 2.22. The molecule has 204 valence electrons. The maximum Gasteiger partial charge on any atom is 0.387 e.